The van der Waals surface area contributed by atoms with Gasteiger partial charge in [0.25, 0.3) is 0 Å². The van der Waals surface area contributed by atoms with Crippen LogP contribution in [0.5, 0.6) is 0 Å². The molecule has 3 fully saturated rings. The monoisotopic (exact) mass is 300 g/mol. The molecule has 2 saturated heterocycles. The second kappa shape index (κ2) is 6.45. The first-order valence-corrected chi connectivity index (χ1v) is 9.11. The van der Waals surface area contributed by atoms with Crippen LogP contribution in [0, 0.1) is 5.92 Å². The number of pyridine rings is 1. The molecule has 3 unspecified atom stereocenters. The molecule has 4 nitrogen and oxygen atoms in total. The summed E-state index contributed by atoms with van der Waals surface area (Å²) in [6, 6.07) is 5.76. The van der Waals surface area contributed by atoms with E-state index in [0.717, 1.165) is 30.9 Å². The van der Waals surface area contributed by atoms with E-state index >= 15 is 0 Å². The molecule has 0 spiro atoms. The molecule has 0 radical (unpaired) electrons. The van der Waals surface area contributed by atoms with Crippen molar-refractivity contribution in [1.82, 2.24) is 10.3 Å². The average molecular weight is 300 g/mol. The molecule has 3 aliphatic rings. The highest BCUT2D eigenvalue weighted by Gasteiger charge is 2.34. The van der Waals surface area contributed by atoms with Gasteiger partial charge < -0.3 is 15.5 Å². The number of aromatic nitrogens is 1. The maximum Gasteiger partial charge on any atom is 0.128 e. The van der Waals surface area contributed by atoms with Crippen LogP contribution in [0.1, 0.15) is 44.9 Å². The molecule has 1 aromatic rings. The first kappa shape index (κ1) is 14.3. The molecule has 120 valence electrons. The molecule has 0 amide bonds. The topological polar surface area (TPSA) is 40.2 Å². The van der Waals surface area contributed by atoms with E-state index in [1.165, 1.54) is 57.2 Å². The summed E-state index contributed by atoms with van der Waals surface area (Å²) in [5.74, 6) is 1.93. The van der Waals surface area contributed by atoms with E-state index in [0.29, 0.717) is 6.04 Å². The van der Waals surface area contributed by atoms with Gasteiger partial charge in [0.05, 0.1) is 11.9 Å². The van der Waals surface area contributed by atoms with Crippen LogP contribution < -0.4 is 15.5 Å². The summed E-state index contributed by atoms with van der Waals surface area (Å²) >= 11 is 0. The van der Waals surface area contributed by atoms with Gasteiger partial charge in [-0.1, -0.05) is 6.42 Å². The van der Waals surface area contributed by atoms with Crippen LogP contribution >= 0.6 is 0 Å². The Bertz CT molecular complexity index is 474. The lowest BCUT2D eigenvalue weighted by Crippen LogP contribution is -2.38. The fraction of sp³-hybridized carbons (Fsp3) is 0.722. The predicted molar refractivity (Wildman–Crippen MR) is 91.5 cm³/mol. The molecule has 0 bridgehead atoms. The third-order valence-corrected chi connectivity index (χ3v) is 5.71. The highest BCUT2D eigenvalue weighted by atomic mass is 15.2. The van der Waals surface area contributed by atoms with Crippen LogP contribution in [0.25, 0.3) is 0 Å². The molecule has 22 heavy (non-hydrogen) atoms. The number of hydrogen-bond donors (Lipinski definition) is 2. The van der Waals surface area contributed by atoms with Crippen LogP contribution in [0.2, 0.25) is 0 Å². The highest BCUT2D eigenvalue weighted by Crippen LogP contribution is 2.34. The van der Waals surface area contributed by atoms with Gasteiger partial charge in [-0.25, -0.2) is 4.98 Å². The first-order chi connectivity index (χ1) is 10.9. The van der Waals surface area contributed by atoms with Crippen LogP contribution in [-0.4, -0.2) is 36.7 Å². The van der Waals surface area contributed by atoms with E-state index in [9.17, 15) is 0 Å². The van der Waals surface area contributed by atoms with Crippen molar-refractivity contribution in [3.8, 4) is 0 Å². The molecule has 3 atom stereocenters. The number of nitrogens with zero attached hydrogens (tertiary/aromatic N) is 2. The maximum atomic E-state index is 4.67. The smallest absolute Gasteiger partial charge is 0.128 e. The Morgan fingerprint density at radius 1 is 1.05 bits per heavy atom. The van der Waals surface area contributed by atoms with Crippen LogP contribution in [0.3, 0.4) is 0 Å². The van der Waals surface area contributed by atoms with E-state index < -0.39 is 0 Å². The van der Waals surface area contributed by atoms with Gasteiger partial charge in [0.15, 0.2) is 0 Å². The van der Waals surface area contributed by atoms with Gasteiger partial charge in [0.1, 0.15) is 5.82 Å². The minimum absolute atomic E-state index is 0.620. The van der Waals surface area contributed by atoms with Crippen LogP contribution in [-0.2, 0) is 0 Å². The molecule has 2 N–H and O–H groups in total. The molecule has 4 rings (SSSR count). The molecule has 1 aromatic heterocycles. The second-order valence-electron chi connectivity index (χ2n) is 7.15. The fourth-order valence-corrected chi connectivity index (χ4v) is 4.55. The summed E-state index contributed by atoms with van der Waals surface area (Å²) in [7, 11) is 0. The van der Waals surface area contributed by atoms with Crippen LogP contribution in [0.4, 0.5) is 11.5 Å². The van der Waals surface area contributed by atoms with Gasteiger partial charge in [-0.05, 0) is 63.1 Å². The maximum absolute atomic E-state index is 4.67. The summed E-state index contributed by atoms with van der Waals surface area (Å²) in [6.45, 7) is 3.54. The van der Waals surface area contributed by atoms with E-state index in [4.69, 9.17) is 0 Å². The van der Waals surface area contributed by atoms with Crippen molar-refractivity contribution in [2.45, 2.75) is 57.0 Å². The standard InChI is InChI=1S/C18H28N4/c1-2-12-22(11-1)18-9-8-14(13-20-18)21-17-6-3-5-15(17)16-7-4-10-19-16/h8-9,13,15-17,19,21H,1-7,10-12H2. The van der Waals surface area contributed by atoms with Crippen molar-refractivity contribution in [3.63, 3.8) is 0 Å². The van der Waals surface area contributed by atoms with Gasteiger partial charge in [-0.2, -0.15) is 0 Å². The zero-order valence-corrected chi connectivity index (χ0v) is 13.4. The zero-order chi connectivity index (χ0) is 14.8. The molecule has 1 saturated carbocycles. The fourth-order valence-electron chi connectivity index (χ4n) is 4.55. The minimum Gasteiger partial charge on any atom is -0.381 e. The van der Waals surface area contributed by atoms with Gasteiger partial charge >= 0.3 is 0 Å². The molecule has 3 heterocycles. The SMILES string of the molecule is c1cc(N2CCCC2)ncc1NC1CCCC1C1CCCN1. The predicted octanol–water partition coefficient (Wildman–Crippen LogP) is 3.01. The molecule has 2 aliphatic heterocycles. The Kier molecular flexibility index (Phi) is 4.20. The molecular formula is C18H28N4. The molecule has 0 aromatic carbocycles. The van der Waals surface area contributed by atoms with Crippen molar-refractivity contribution in [2.75, 3.05) is 29.9 Å². The number of rotatable bonds is 4. The van der Waals surface area contributed by atoms with E-state index in [2.05, 4.69) is 32.7 Å². The summed E-state index contributed by atoms with van der Waals surface area (Å²) in [6.07, 6.45) is 11.4. The van der Waals surface area contributed by atoms with E-state index in [1.54, 1.807) is 0 Å². The lowest BCUT2D eigenvalue weighted by molar-refractivity contribution is 0.376. The summed E-state index contributed by atoms with van der Waals surface area (Å²) in [5.41, 5.74) is 1.19. The van der Waals surface area contributed by atoms with Crippen molar-refractivity contribution < 1.29 is 0 Å². The van der Waals surface area contributed by atoms with Crippen molar-refractivity contribution in [3.05, 3.63) is 18.3 Å². The number of nitrogens with one attached hydrogen (secondary N) is 2. The summed E-state index contributed by atoms with van der Waals surface area (Å²) in [5, 5.41) is 7.46. The first-order valence-electron chi connectivity index (χ1n) is 9.11. The Balaban J connectivity index is 1.39. The van der Waals surface area contributed by atoms with Gasteiger partial charge in [-0.3, -0.25) is 0 Å². The Labute approximate surface area is 133 Å². The average Bonchev–Trinajstić information content (AvgIpc) is 3.30. The molecule has 1 aliphatic carbocycles. The van der Waals surface area contributed by atoms with Gasteiger partial charge in [0.2, 0.25) is 0 Å². The normalized spacial score (nSPS) is 31.8. The lowest BCUT2D eigenvalue weighted by Gasteiger charge is -2.27. The number of anilines is 2. The van der Waals surface area contributed by atoms with Crippen molar-refractivity contribution in [1.29, 1.82) is 0 Å². The zero-order valence-electron chi connectivity index (χ0n) is 13.4. The van der Waals surface area contributed by atoms with Crippen molar-refractivity contribution in [2.24, 2.45) is 5.92 Å². The minimum atomic E-state index is 0.620. The second-order valence-corrected chi connectivity index (χ2v) is 7.15. The summed E-state index contributed by atoms with van der Waals surface area (Å²) < 4.78 is 0. The summed E-state index contributed by atoms with van der Waals surface area (Å²) in [4.78, 5) is 7.07. The van der Waals surface area contributed by atoms with E-state index in [-0.39, 0.29) is 0 Å². The third-order valence-electron chi connectivity index (χ3n) is 5.71. The number of hydrogen-bond acceptors (Lipinski definition) is 4. The largest absolute Gasteiger partial charge is 0.381 e. The molecular weight excluding hydrogens is 272 g/mol. The quantitative estimate of drug-likeness (QED) is 0.897. The Hall–Kier alpha value is -1.29. The van der Waals surface area contributed by atoms with Crippen LogP contribution in [0.15, 0.2) is 18.3 Å². The van der Waals surface area contributed by atoms with Gasteiger partial charge in [0, 0.05) is 25.2 Å². The lowest BCUT2D eigenvalue weighted by atomic mass is 9.93. The molecule has 4 heteroatoms. The third kappa shape index (κ3) is 2.94. The van der Waals surface area contributed by atoms with Crippen molar-refractivity contribution >= 4 is 11.5 Å². The Morgan fingerprint density at radius 2 is 1.95 bits per heavy atom. The Morgan fingerprint density at radius 3 is 2.68 bits per heavy atom. The van der Waals surface area contributed by atoms with E-state index in [1.807, 2.05) is 6.20 Å². The highest BCUT2D eigenvalue weighted by molar-refractivity contribution is 5.49. The van der Waals surface area contributed by atoms with Gasteiger partial charge in [-0.15, -0.1) is 0 Å².